The largest absolute Gasteiger partial charge is 0.481 e. The predicted molar refractivity (Wildman–Crippen MR) is 79.6 cm³/mol. The smallest absolute Gasteiger partial charge is 0.320 e. The molecule has 2 aromatic heterocycles. The molecule has 0 unspecified atom stereocenters. The number of nitrogens with one attached hydrogen (secondary N) is 2. The molecule has 0 saturated carbocycles. The zero-order chi connectivity index (χ0) is 16.1. The number of furan rings is 1. The third kappa shape index (κ3) is 3.87. The number of carbonyl (C=O) groups is 2. The molecule has 0 saturated heterocycles. The van der Waals surface area contributed by atoms with Crippen molar-refractivity contribution in [3.63, 3.8) is 0 Å². The van der Waals surface area contributed by atoms with Crippen LogP contribution < -0.4 is 10.6 Å². The lowest BCUT2D eigenvalue weighted by atomic mass is 10.3. The molecule has 2 rings (SSSR count). The molecule has 0 aromatic carbocycles. The van der Waals surface area contributed by atoms with Gasteiger partial charge in [-0.05, 0) is 26.0 Å². The molecule has 2 heterocycles. The Labute approximate surface area is 127 Å². The van der Waals surface area contributed by atoms with Crippen molar-refractivity contribution in [1.82, 2.24) is 15.1 Å². The van der Waals surface area contributed by atoms with Crippen molar-refractivity contribution in [2.75, 3.05) is 11.9 Å². The normalized spacial score (nSPS) is 10.7. The van der Waals surface area contributed by atoms with E-state index in [1.807, 2.05) is 13.8 Å². The van der Waals surface area contributed by atoms with Crippen molar-refractivity contribution in [3.05, 3.63) is 24.5 Å². The van der Waals surface area contributed by atoms with Crippen molar-refractivity contribution in [2.24, 2.45) is 0 Å². The van der Waals surface area contributed by atoms with Crippen LogP contribution in [0.15, 0.2) is 28.9 Å². The Morgan fingerprint density at radius 1 is 1.45 bits per heavy atom. The molecule has 0 aliphatic rings. The highest BCUT2D eigenvalue weighted by Crippen LogP contribution is 2.24. The minimum Gasteiger partial charge on any atom is -0.481 e. The summed E-state index contributed by atoms with van der Waals surface area (Å²) in [6.45, 7) is 3.93. The maximum atomic E-state index is 11.8. The lowest BCUT2D eigenvalue weighted by Gasteiger charge is -2.12. The number of amides is 2. The molecule has 8 heteroatoms. The molecule has 0 bridgehead atoms. The van der Waals surface area contributed by atoms with Gasteiger partial charge in [-0.15, -0.1) is 0 Å². The van der Waals surface area contributed by atoms with E-state index in [1.54, 1.807) is 29.1 Å². The van der Waals surface area contributed by atoms with E-state index < -0.39 is 12.0 Å². The summed E-state index contributed by atoms with van der Waals surface area (Å²) in [5.41, 5.74) is 0.611. The number of aromatic nitrogens is 2. The highest BCUT2D eigenvalue weighted by molar-refractivity contribution is 5.89. The van der Waals surface area contributed by atoms with Gasteiger partial charge in [0.2, 0.25) is 0 Å². The Morgan fingerprint density at radius 3 is 2.82 bits per heavy atom. The Hall–Kier alpha value is -2.77. The summed E-state index contributed by atoms with van der Waals surface area (Å²) in [6.07, 6.45) is 1.42. The maximum Gasteiger partial charge on any atom is 0.320 e. The molecule has 0 radical (unpaired) electrons. The van der Waals surface area contributed by atoms with E-state index >= 15 is 0 Å². The first-order chi connectivity index (χ1) is 10.5. The van der Waals surface area contributed by atoms with Gasteiger partial charge in [-0.25, -0.2) is 9.48 Å². The number of hydrogen-bond acceptors (Lipinski definition) is 4. The van der Waals surface area contributed by atoms with Gasteiger partial charge >= 0.3 is 12.0 Å². The van der Waals surface area contributed by atoms with Crippen LogP contribution in [-0.4, -0.2) is 33.4 Å². The second-order valence-corrected chi connectivity index (χ2v) is 4.96. The first kappa shape index (κ1) is 15.6. The van der Waals surface area contributed by atoms with E-state index in [4.69, 9.17) is 9.52 Å². The average Bonchev–Trinajstić information content (AvgIpc) is 3.06. The van der Waals surface area contributed by atoms with Crippen LogP contribution in [0.5, 0.6) is 0 Å². The van der Waals surface area contributed by atoms with E-state index in [9.17, 15) is 9.59 Å². The van der Waals surface area contributed by atoms with Crippen LogP contribution in [0, 0.1) is 0 Å². The monoisotopic (exact) mass is 306 g/mol. The third-order valence-electron chi connectivity index (χ3n) is 2.86. The summed E-state index contributed by atoms with van der Waals surface area (Å²) >= 11 is 0. The topological polar surface area (TPSA) is 109 Å². The second-order valence-electron chi connectivity index (χ2n) is 4.96. The molecule has 0 spiro atoms. The van der Waals surface area contributed by atoms with E-state index in [0.29, 0.717) is 17.3 Å². The van der Waals surface area contributed by atoms with Gasteiger partial charge in [-0.2, -0.15) is 5.10 Å². The fraction of sp³-hybridized carbons (Fsp3) is 0.357. The van der Waals surface area contributed by atoms with Crippen LogP contribution in [-0.2, 0) is 4.79 Å². The van der Waals surface area contributed by atoms with Crippen molar-refractivity contribution in [1.29, 1.82) is 0 Å². The molecule has 0 atom stereocenters. The molecular weight excluding hydrogens is 288 g/mol. The predicted octanol–water partition coefficient (Wildman–Crippen LogP) is 2.32. The van der Waals surface area contributed by atoms with Gasteiger partial charge in [0.15, 0.2) is 5.76 Å². The van der Waals surface area contributed by atoms with Gasteiger partial charge in [0.05, 0.1) is 12.7 Å². The molecule has 0 aliphatic heterocycles. The lowest BCUT2D eigenvalue weighted by Crippen LogP contribution is -2.31. The SMILES string of the molecule is CC(C)n1nc(-c2ccco2)cc1NC(=O)NCCC(=O)O. The molecule has 0 fully saturated rings. The molecule has 2 amide bonds. The van der Waals surface area contributed by atoms with Crippen LogP contribution in [0.2, 0.25) is 0 Å². The standard InChI is InChI=1S/C14H18N4O4/c1-9(2)18-12(16-14(21)15-6-5-13(19)20)8-10(17-18)11-4-3-7-22-11/h3-4,7-9H,5-6H2,1-2H3,(H,19,20)(H2,15,16,21). The Bertz CT molecular complexity index is 646. The number of anilines is 1. The zero-order valence-corrected chi connectivity index (χ0v) is 12.4. The van der Waals surface area contributed by atoms with Crippen molar-refractivity contribution in [2.45, 2.75) is 26.3 Å². The number of hydrogen-bond donors (Lipinski definition) is 3. The van der Waals surface area contributed by atoms with E-state index in [0.717, 1.165) is 0 Å². The van der Waals surface area contributed by atoms with Crippen molar-refractivity contribution in [3.8, 4) is 11.5 Å². The fourth-order valence-corrected chi connectivity index (χ4v) is 1.87. The fourth-order valence-electron chi connectivity index (χ4n) is 1.87. The van der Waals surface area contributed by atoms with E-state index in [2.05, 4.69) is 15.7 Å². The van der Waals surface area contributed by atoms with Gasteiger partial charge in [0, 0.05) is 18.7 Å². The Kier molecular flexibility index (Phi) is 4.82. The first-order valence-electron chi connectivity index (χ1n) is 6.87. The minimum atomic E-state index is -0.965. The van der Waals surface area contributed by atoms with Crippen LogP contribution in [0.25, 0.3) is 11.5 Å². The number of carboxylic acids is 1. The average molecular weight is 306 g/mol. The zero-order valence-electron chi connectivity index (χ0n) is 12.4. The number of rotatable bonds is 6. The summed E-state index contributed by atoms with van der Waals surface area (Å²) in [5, 5.41) is 18.1. The van der Waals surface area contributed by atoms with Gasteiger partial charge in [-0.1, -0.05) is 0 Å². The number of carbonyl (C=O) groups excluding carboxylic acids is 1. The van der Waals surface area contributed by atoms with Gasteiger partial charge in [0.1, 0.15) is 11.5 Å². The summed E-state index contributed by atoms with van der Waals surface area (Å²) in [6, 6.07) is 4.81. The number of urea groups is 1. The second kappa shape index (κ2) is 6.79. The van der Waals surface area contributed by atoms with Crippen LogP contribution in [0.3, 0.4) is 0 Å². The molecular formula is C14H18N4O4. The van der Waals surface area contributed by atoms with Crippen molar-refractivity contribution < 1.29 is 19.1 Å². The van der Waals surface area contributed by atoms with E-state index in [-0.39, 0.29) is 19.0 Å². The molecule has 22 heavy (non-hydrogen) atoms. The van der Waals surface area contributed by atoms with Gasteiger partial charge in [-0.3, -0.25) is 10.1 Å². The van der Waals surface area contributed by atoms with Crippen LogP contribution in [0.1, 0.15) is 26.3 Å². The van der Waals surface area contributed by atoms with Crippen LogP contribution >= 0.6 is 0 Å². The molecule has 2 aromatic rings. The minimum absolute atomic E-state index is 0.0398. The summed E-state index contributed by atoms with van der Waals surface area (Å²) < 4.78 is 6.96. The van der Waals surface area contributed by atoms with Crippen LogP contribution in [0.4, 0.5) is 10.6 Å². The Balaban J connectivity index is 2.09. The number of carboxylic acid groups (broad SMARTS) is 1. The summed E-state index contributed by atoms with van der Waals surface area (Å²) in [7, 11) is 0. The van der Waals surface area contributed by atoms with Gasteiger partial charge < -0.3 is 14.8 Å². The molecule has 8 nitrogen and oxygen atoms in total. The lowest BCUT2D eigenvalue weighted by molar-refractivity contribution is -0.136. The van der Waals surface area contributed by atoms with E-state index in [1.165, 1.54) is 0 Å². The highest BCUT2D eigenvalue weighted by atomic mass is 16.4. The maximum absolute atomic E-state index is 11.8. The first-order valence-corrected chi connectivity index (χ1v) is 6.87. The number of nitrogens with zero attached hydrogens (tertiary/aromatic N) is 2. The van der Waals surface area contributed by atoms with Crippen molar-refractivity contribution >= 4 is 17.8 Å². The quantitative estimate of drug-likeness (QED) is 0.758. The highest BCUT2D eigenvalue weighted by Gasteiger charge is 2.15. The summed E-state index contributed by atoms with van der Waals surface area (Å²) in [4.78, 5) is 22.2. The molecule has 3 N–H and O–H groups in total. The van der Waals surface area contributed by atoms with Gasteiger partial charge in [0.25, 0.3) is 0 Å². The molecule has 118 valence electrons. The molecule has 0 aliphatic carbocycles. The third-order valence-corrected chi connectivity index (χ3v) is 2.86. The summed E-state index contributed by atoms with van der Waals surface area (Å²) in [5.74, 6) is 0.149. The Morgan fingerprint density at radius 2 is 2.23 bits per heavy atom. The number of aliphatic carboxylic acids is 1.